The first kappa shape index (κ1) is 21.3. The molecule has 30 heavy (non-hydrogen) atoms. The van der Waals surface area contributed by atoms with Crippen LogP contribution >= 0.6 is 11.6 Å². The molecule has 0 aliphatic carbocycles. The van der Waals surface area contributed by atoms with E-state index >= 15 is 0 Å². The lowest BCUT2D eigenvalue weighted by atomic mass is 10.1. The number of aromatic carboxylic acids is 1. The smallest absolute Gasteiger partial charge is 0.337 e. The zero-order valence-corrected chi connectivity index (χ0v) is 17.8. The van der Waals surface area contributed by atoms with Gasteiger partial charge >= 0.3 is 11.9 Å². The van der Waals surface area contributed by atoms with Crippen LogP contribution in [-0.4, -0.2) is 34.9 Å². The topological polar surface area (TPSA) is 80.9 Å². The summed E-state index contributed by atoms with van der Waals surface area (Å²) in [6, 6.07) is 11.8. The number of carboxylic acid groups (broad SMARTS) is 1. The van der Waals surface area contributed by atoms with Gasteiger partial charge in [-0.2, -0.15) is 0 Å². The molecule has 3 aromatic rings. The third-order valence-corrected chi connectivity index (χ3v) is 5.18. The summed E-state index contributed by atoms with van der Waals surface area (Å²) >= 11 is 6.16. The SMILES string of the molecule is COC(=O)c1ccc(-n2c(C)cc(C=Nc3cc(C(=O)O)ccc3Cl)c2C)c(C)c1. The molecular formula is C23H21ClN2O4. The molecule has 0 atom stereocenters. The summed E-state index contributed by atoms with van der Waals surface area (Å²) in [5.74, 6) is -1.41. The number of carbonyl (C=O) groups excluding carboxylic acids is 1. The first-order chi connectivity index (χ1) is 14.2. The number of esters is 1. The van der Waals surface area contributed by atoms with Gasteiger partial charge in [-0.25, -0.2) is 9.59 Å². The Morgan fingerprint density at radius 3 is 2.40 bits per heavy atom. The number of hydrogen-bond donors (Lipinski definition) is 1. The Bertz CT molecular complexity index is 1180. The number of ether oxygens (including phenoxy) is 1. The number of aromatic nitrogens is 1. The lowest BCUT2D eigenvalue weighted by Crippen LogP contribution is -2.06. The first-order valence-corrected chi connectivity index (χ1v) is 9.56. The minimum Gasteiger partial charge on any atom is -0.478 e. The van der Waals surface area contributed by atoms with Crippen LogP contribution in [0.25, 0.3) is 5.69 Å². The molecule has 0 radical (unpaired) electrons. The summed E-state index contributed by atoms with van der Waals surface area (Å²) in [5, 5.41) is 9.54. The molecule has 1 N–H and O–H groups in total. The van der Waals surface area contributed by atoms with E-state index in [1.807, 2.05) is 32.9 Å². The van der Waals surface area contributed by atoms with Crippen molar-refractivity contribution in [2.75, 3.05) is 7.11 Å². The van der Waals surface area contributed by atoms with E-state index in [0.29, 0.717) is 16.3 Å². The van der Waals surface area contributed by atoms with Gasteiger partial charge in [0.05, 0.1) is 28.9 Å². The van der Waals surface area contributed by atoms with Crippen molar-refractivity contribution >= 4 is 35.4 Å². The van der Waals surface area contributed by atoms with Gasteiger partial charge in [-0.05, 0) is 68.8 Å². The van der Waals surface area contributed by atoms with Crippen molar-refractivity contribution in [1.29, 1.82) is 0 Å². The highest BCUT2D eigenvalue weighted by Gasteiger charge is 2.14. The standard InChI is InChI=1S/C23H21ClN2O4/c1-13-9-17(23(29)30-4)6-8-21(13)26-14(2)10-18(15(26)3)12-25-20-11-16(22(27)28)5-7-19(20)24/h5-12H,1-4H3,(H,27,28). The third kappa shape index (κ3) is 4.14. The molecule has 2 aromatic carbocycles. The van der Waals surface area contributed by atoms with Crippen molar-refractivity contribution in [3.05, 3.63) is 81.1 Å². The van der Waals surface area contributed by atoms with Crippen LogP contribution in [0.2, 0.25) is 5.02 Å². The largest absolute Gasteiger partial charge is 0.478 e. The Labute approximate surface area is 179 Å². The highest BCUT2D eigenvalue weighted by Crippen LogP contribution is 2.27. The van der Waals surface area contributed by atoms with Crippen molar-refractivity contribution in [3.8, 4) is 5.69 Å². The van der Waals surface area contributed by atoms with Crippen LogP contribution in [0.1, 0.15) is 43.2 Å². The molecule has 0 aliphatic heterocycles. The fraction of sp³-hybridized carbons (Fsp3) is 0.174. The number of aryl methyl sites for hydroxylation is 2. The van der Waals surface area contributed by atoms with Gasteiger partial charge in [0, 0.05) is 28.9 Å². The molecule has 0 saturated heterocycles. The number of carboxylic acids is 1. The molecule has 0 amide bonds. The molecule has 154 valence electrons. The van der Waals surface area contributed by atoms with Crippen LogP contribution in [-0.2, 0) is 4.74 Å². The van der Waals surface area contributed by atoms with Crippen molar-refractivity contribution in [2.24, 2.45) is 4.99 Å². The van der Waals surface area contributed by atoms with Crippen LogP contribution in [0.5, 0.6) is 0 Å². The number of rotatable bonds is 5. The average molecular weight is 425 g/mol. The number of benzene rings is 2. The fourth-order valence-electron chi connectivity index (χ4n) is 3.32. The summed E-state index contributed by atoms with van der Waals surface area (Å²) < 4.78 is 6.86. The summed E-state index contributed by atoms with van der Waals surface area (Å²) in [6.45, 7) is 5.89. The lowest BCUT2D eigenvalue weighted by Gasteiger charge is -2.13. The van der Waals surface area contributed by atoms with Crippen molar-refractivity contribution < 1.29 is 19.4 Å². The lowest BCUT2D eigenvalue weighted by molar-refractivity contribution is 0.0599. The zero-order chi connectivity index (χ0) is 22.0. The highest BCUT2D eigenvalue weighted by molar-refractivity contribution is 6.33. The molecule has 6 nitrogen and oxygen atoms in total. The predicted molar refractivity (Wildman–Crippen MR) is 117 cm³/mol. The molecule has 0 fully saturated rings. The summed E-state index contributed by atoms with van der Waals surface area (Å²) in [5.41, 5.74) is 5.71. The minimum absolute atomic E-state index is 0.123. The van der Waals surface area contributed by atoms with Gasteiger partial charge in [0.2, 0.25) is 0 Å². The fourth-order valence-corrected chi connectivity index (χ4v) is 3.49. The second kappa shape index (κ2) is 8.55. The Kier molecular flexibility index (Phi) is 6.08. The van der Waals surface area contributed by atoms with Gasteiger partial charge in [-0.15, -0.1) is 0 Å². The average Bonchev–Trinajstić information content (AvgIpc) is 2.99. The van der Waals surface area contributed by atoms with Crippen LogP contribution < -0.4 is 0 Å². The maximum Gasteiger partial charge on any atom is 0.337 e. The third-order valence-electron chi connectivity index (χ3n) is 4.86. The van der Waals surface area contributed by atoms with E-state index in [1.54, 1.807) is 18.3 Å². The van der Waals surface area contributed by atoms with Gasteiger partial charge < -0.3 is 14.4 Å². The van der Waals surface area contributed by atoms with E-state index in [1.165, 1.54) is 25.3 Å². The molecule has 1 heterocycles. The number of halogens is 1. The van der Waals surface area contributed by atoms with Crippen molar-refractivity contribution in [1.82, 2.24) is 4.57 Å². The van der Waals surface area contributed by atoms with E-state index < -0.39 is 5.97 Å². The summed E-state index contributed by atoms with van der Waals surface area (Å²) in [4.78, 5) is 27.4. The summed E-state index contributed by atoms with van der Waals surface area (Å²) in [7, 11) is 1.36. The molecule has 7 heteroatoms. The van der Waals surface area contributed by atoms with Gasteiger partial charge in [0.1, 0.15) is 0 Å². The highest BCUT2D eigenvalue weighted by atomic mass is 35.5. The molecule has 0 bridgehead atoms. The maximum absolute atomic E-state index is 11.8. The second-order valence-corrected chi connectivity index (χ2v) is 7.29. The van der Waals surface area contributed by atoms with Crippen LogP contribution in [0.4, 0.5) is 5.69 Å². The van der Waals surface area contributed by atoms with Gasteiger partial charge in [0.25, 0.3) is 0 Å². The second-order valence-electron chi connectivity index (χ2n) is 6.88. The number of nitrogens with zero attached hydrogens (tertiary/aromatic N) is 2. The Hall–Kier alpha value is -3.38. The van der Waals surface area contributed by atoms with E-state index in [4.69, 9.17) is 21.4 Å². The Balaban J connectivity index is 1.99. The minimum atomic E-state index is -1.04. The van der Waals surface area contributed by atoms with Crippen molar-refractivity contribution in [2.45, 2.75) is 20.8 Å². The van der Waals surface area contributed by atoms with E-state index in [0.717, 1.165) is 28.2 Å². The normalized spacial score (nSPS) is 11.1. The predicted octanol–water partition coefficient (Wildman–Crippen LogP) is 5.29. The molecule has 3 rings (SSSR count). The van der Waals surface area contributed by atoms with Crippen LogP contribution in [0, 0.1) is 20.8 Å². The van der Waals surface area contributed by atoms with Gasteiger partial charge in [0.15, 0.2) is 0 Å². The maximum atomic E-state index is 11.8. The van der Waals surface area contributed by atoms with Crippen LogP contribution in [0.15, 0.2) is 47.5 Å². The molecule has 0 spiro atoms. The van der Waals surface area contributed by atoms with Gasteiger partial charge in [-0.1, -0.05) is 11.6 Å². The number of aliphatic imine (C=N–C) groups is 1. The zero-order valence-electron chi connectivity index (χ0n) is 17.1. The quantitative estimate of drug-likeness (QED) is 0.445. The molecular weight excluding hydrogens is 404 g/mol. The van der Waals surface area contributed by atoms with Crippen molar-refractivity contribution in [3.63, 3.8) is 0 Å². The van der Waals surface area contributed by atoms with Crippen LogP contribution in [0.3, 0.4) is 0 Å². The van der Waals surface area contributed by atoms with E-state index in [-0.39, 0.29) is 11.5 Å². The molecule has 1 aromatic heterocycles. The van der Waals surface area contributed by atoms with Gasteiger partial charge in [-0.3, -0.25) is 4.99 Å². The molecule has 0 aliphatic rings. The van der Waals surface area contributed by atoms with E-state index in [2.05, 4.69) is 9.56 Å². The monoisotopic (exact) mass is 424 g/mol. The Morgan fingerprint density at radius 1 is 1.07 bits per heavy atom. The number of hydrogen-bond acceptors (Lipinski definition) is 4. The first-order valence-electron chi connectivity index (χ1n) is 9.18. The number of carbonyl (C=O) groups is 2. The molecule has 0 unspecified atom stereocenters. The summed E-state index contributed by atoms with van der Waals surface area (Å²) in [6.07, 6.45) is 1.67. The number of methoxy groups -OCH3 is 1. The van der Waals surface area contributed by atoms with E-state index in [9.17, 15) is 9.59 Å². The molecule has 0 saturated carbocycles. The Morgan fingerprint density at radius 2 is 1.77 bits per heavy atom.